The van der Waals surface area contributed by atoms with Gasteiger partial charge in [0.05, 0.1) is 6.33 Å². The minimum Gasteiger partial charge on any atom is -0.400 e. The molecule has 1 fully saturated rings. The number of fused-ring (bicyclic) bond motifs is 1. The van der Waals surface area contributed by atoms with Gasteiger partial charge in [0.2, 0.25) is 0 Å². The van der Waals surface area contributed by atoms with Crippen LogP contribution < -0.4 is 5.73 Å². The highest BCUT2D eigenvalue weighted by atomic mass is 16.5. The molecule has 0 amide bonds. The number of ether oxygens (including phenoxy) is 2. The lowest BCUT2D eigenvalue weighted by Crippen LogP contribution is -2.11. The zero-order chi connectivity index (χ0) is 16.5. The van der Waals surface area contributed by atoms with Gasteiger partial charge >= 0.3 is 0 Å². The van der Waals surface area contributed by atoms with Crippen LogP contribution in [0.4, 0.5) is 5.82 Å². The maximum atomic E-state index is 10.6. The van der Waals surface area contributed by atoms with Gasteiger partial charge in [-0.2, -0.15) is 0 Å². The predicted molar refractivity (Wildman–Crippen MR) is 80.0 cm³/mol. The molecule has 22 heavy (non-hydrogen) atoms. The second-order valence-corrected chi connectivity index (χ2v) is 4.33. The molecular formula is C13H21N5O4. The average Bonchev–Trinajstić information content (AvgIpc) is 3.17. The zero-order valence-electron chi connectivity index (χ0n) is 12.8. The van der Waals surface area contributed by atoms with Gasteiger partial charge in [0.15, 0.2) is 11.5 Å². The molecule has 0 radical (unpaired) electrons. The van der Waals surface area contributed by atoms with Crippen molar-refractivity contribution in [3.8, 4) is 0 Å². The molecule has 9 heteroatoms. The monoisotopic (exact) mass is 311 g/mol. The third-order valence-electron chi connectivity index (χ3n) is 2.88. The molecule has 3 heterocycles. The molecule has 1 saturated heterocycles. The standard InChI is InChI=1S/C10H11N5O2.C2H6O.CH4O/c11-9-8-10(13-4-12-9)15(5-14-8)7-2-1-6(3-16)17-7;1-3-2;1-2/h3-7H,1-2H2,(H2,11,12,13);1-2H3;2H,1H3. The molecule has 0 aromatic carbocycles. The number of hydrogen-bond acceptors (Lipinski definition) is 8. The van der Waals surface area contributed by atoms with Crippen LogP contribution in [0.3, 0.4) is 0 Å². The summed E-state index contributed by atoms with van der Waals surface area (Å²) in [6.45, 7) is 0. The van der Waals surface area contributed by atoms with E-state index in [1.54, 1.807) is 25.1 Å². The molecule has 122 valence electrons. The molecule has 2 aromatic heterocycles. The molecule has 0 aliphatic carbocycles. The van der Waals surface area contributed by atoms with E-state index in [1.165, 1.54) is 6.33 Å². The average molecular weight is 311 g/mol. The first-order chi connectivity index (χ1) is 10.7. The Morgan fingerprint density at radius 1 is 1.36 bits per heavy atom. The Morgan fingerprint density at radius 3 is 2.64 bits per heavy atom. The van der Waals surface area contributed by atoms with Crippen molar-refractivity contribution in [3.05, 3.63) is 12.7 Å². The van der Waals surface area contributed by atoms with Crippen molar-refractivity contribution in [2.75, 3.05) is 27.1 Å². The molecule has 1 aliphatic heterocycles. The number of imidazole rings is 1. The highest BCUT2D eigenvalue weighted by molar-refractivity contribution is 5.81. The Hall–Kier alpha value is -2.10. The van der Waals surface area contributed by atoms with Crippen LogP contribution in [0.5, 0.6) is 0 Å². The summed E-state index contributed by atoms with van der Waals surface area (Å²) in [7, 11) is 4.25. The second kappa shape index (κ2) is 9.03. The van der Waals surface area contributed by atoms with Gasteiger partial charge in [-0.15, -0.1) is 0 Å². The van der Waals surface area contributed by atoms with E-state index in [2.05, 4.69) is 19.7 Å². The third-order valence-corrected chi connectivity index (χ3v) is 2.88. The molecule has 0 bridgehead atoms. The first kappa shape index (κ1) is 18.0. The molecule has 2 unspecified atom stereocenters. The van der Waals surface area contributed by atoms with Crippen LogP contribution in [0.15, 0.2) is 12.7 Å². The van der Waals surface area contributed by atoms with Crippen molar-refractivity contribution >= 4 is 23.3 Å². The fraction of sp³-hybridized carbons (Fsp3) is 0.538. The van der Waals surface area contributed by atoms with Gasteiger partial charge in [0.1, 0.15) is 30.5 Å². The molecule has 0 spiro atoms. The van der Waals surface area contributed by atoms with Crippen LogP contribution >= 0.6 is 0 Å². The molecule has 1 aliphatic rings. The van der Waals surface area contributed by atoms with Crippen LogP contribution in [-0.2, 0) is 14.3 Å². The Morgan fingerprint density at radius 2 is 2.05 bits per heavy atom. The fourth-order valence-corrected chi connectivity index (χ4v) is 2.03. The minimum absolute atomic E-state index is 0.204. The van der Waals surface area contributed by atoms with Gasteiger partial charge < -0.3 is 25.1 Å². The summed E-state index contributed by atoms with van der Waals surface area (Å²) in [6, 6.07) is 0. The van der Waals surface area contributed by atoms with Crippen molar-refractivity contribution in [1.29, 1.82) is 0 Å². The number of aliphatic hydroxyl groups is 1. The van der Waals surface area contributed by atoms with E-state index < -0.39 is 0 Å². The number of aldehydes is 1. The van der Waals surface area contributed by atoms with Crippen molar-refractivity contribution in [1.82, 2.24) is 19.5 Å². The van der Waals surface area contributed by atoms with Crippen molar-refractivity contribution < 1.29 is 19.4 Å². The van der Waals surface area contributed by atoms with E-state index in [1.807, 2.05) is 0 Å². The quantitative estimate of drug-likeness (QED) is 0.751. The first-order valence-electron chi connectivity index (χ1n) is 6.59. The molecule has 3 N–H and O–H groups in total. The SMILES string of the molecule is CO.COC.Nc1ncnc2c1ncn2C1CCC(C=O)O1. The van der Waals surface area contributed by atoms with Crippen LogP contribution in [0.1, 0.15) is 19.1 Å². The van der Waals surface area contributed by atoms with E-state index in [-0.39, 0.29) is 12.3 Å². The van der Waals surface area contributed by atoms with E-state index in [4.69, 9.17) is 15.6 Å². The van der Waals surface area contributed by atoms with Crippen LogP contribution in [0, 0.1) is 0 Å². The van der Waals surface area contributed by atoms with Crippen molar-refractivity contribution in [2.24, 2.45) is 0 Å². The molecule has 9 nitrogen and oxygen atoms in total. The van der Waals surface area contributed by atoms with E-state index in [9.17, 15) is 4.79 Å². The number of nitrogens with two attached hydrogens (primary N) is 1. The van der Waals surface area contributed by atoms with E-state index in [0.717, 1.165) is 19.8 Å². The number of nitrogen functional groups attached to an aromatic ring is 1. The molecular weight excluding hydrogens is 290 g/mol. The normalized spacial score (nSPS) is 19.8. The predicted octanol–water partition coefficient (Wildman–Crippen LogP) is 0.156. The highest BCUT2D eigenvalue weighted by Gasteiger charge is 2.27. The first-order valence-corrected chi connectivity index (χ1v) is 6.59. The third kappa shape index (κ3) is 3.97. The van der Waals surface area contributed by atoms with Gasteiger partial charge in [0.25, 0.3) is 0 Å². The molecule has 0 saturated carbocycles. The molecule has 3 rings (SSSR count). The number of carbonyl (C=O) groups excluding carboxylic acids is 1. The van der Waals surface area contributed by atoms with Gasteiger partial charge in [-0.1, -0.05) is 0 Å². The Kier molecular flexibility index (Phi) is 7.37. The van der Waals surface area contributed by atoms with E-state index >= 15 is 0 Å². The van der Waals surface area contributed by atoms with Crippen LogP contribution in [-0.4, -0.2) is 58.3 Å². The van der Waals surface area contributed by atoms with Gasteiger partial charge in [-0.3, -0.25) is 4.57 Å². The number of aromatic nitrogens is 4. The lowest BCUT2D eigenvalue weighted by molar-refractivity contribution is -0.119. The lowest BCUT2D eigenvalue weighted by Gasteiger charge is -2.12. The minimum atomic E-state index is -0.336. The topological polar surface area (TPSA) is 125 Å². The Bertz CT molecular complexity index is 589. The smallest absolute Gasteiger partial charge is 0.167 e. The molecule has 2 atom stereocenters. The summed E-state index contributed by atoms with van der Waals surface area (Å²) >= 11 is 0. The number of hydrogen-bond donors (Lipinski definition) is 2. The summed E-state index contributed by atoms with van der Waals surface area (Å²) in [5.41, 5.74) is 6.89. The second-order valence-electron chi connectivity index (χ2n) is 4.33. The van der Waals surface area contributed by atoms with Crippen molar-refractivity contribution in [3.63, 3.8) is 0 Å². The number of carbonyl (C=O) groups is 1. The largest absolute Gasteiger partial charge is 0.400 e. The number of nitrogens with zero attached hydrogens (tertiary/aromatic N) is 4. The summed E-state index contributed by atoms with van der Waals surface area (Å²) < 4.78 is 11.6. The summed E-state index contributed by atoms with van der Waals surface area (Å²) in [5, 5.41) is 7.00. The number of rotatable bonds is 2. The van der Waals surface area contributed by atoms with Gasteiger partial charge in [-0.05, 0) is 12.8 Å². The van der Waals surface area contributed by atoms with E-state index in [0.29, 0.717) is 23.4 Å². The van der Waals surface area contributed by atoms with Crippen LogP contribution in [0.2, 0.25) is 0 Å². The summed E-state index contributed by atoms with van der Waals surface area (Å²) in [6.07, 6.45) is 4.77. The van der Waals surface area contributed by atoms with Gasteiger partial charge in [-0.25, -0.2) is 15.0 Å². The highest BCUT2D eigenvalue weighted by Crippen LogP contribution is 2.29. The van der Waals surface area contributed by atoms with Gasteiger partial charge in [0, 0.05) is 21.3 Å². The zero-order valence-corrected chi connectivity index (χ0v) is 12.8. The number of methoxy groups -OCH3 is 1. The number of anilines is 1. The van der Waals surface area contributed by atoms with Crippen molar-refractivity contribution in [2.45, 2.75) is 25.2 Å². The lowest BCUT2D eigenvalue weighted by atomic mass is 10.2. The maximum absolute atomic E-state index is 10.6. The Balaban J connectivity index is 0.000000435. The Labute approximate surface area is 128 Å². The summed E-state index contributed by atoms with van der Waals surface area (Å²) in [4.78, 5) is 22.8. The number of aliphatic hydroxyl groups excluding tert-OH is 1. The fourth-order valence-electron chi connectivity index (χ4n) is 2.03. The summed E-state index contributed by atoms with van der Waals surface area (Å²) in [5.74, 6) is 0.346. The van der Waals surface area contributed by atoms with Crippen LogP contribution in [0.25, 0.3) is 11.2 Å². The maximum Gasteiger partial charge on any atom is 0.167 e. The molecule has 2 aromatic rings.